The van der Waals surface area contributed by atoms with Crippen molar-refractivity contribution < 1.29 is 22.7 Å². The fourth-order valence-electron chi connectivity index (χ4n) is 2.25. The van der Waals surface area contributed by atoms with Crippen LogP contribution in [0.4, 0.5) is 35.0 Å². The molecule has 138 valence electrons. The first-order chi connectivity index (χ1) is 12.3. The van der Waals surface area contributed by atoms with Crippen molar-refractivity contribution in [2.24, 2.45) is 0 Å². The topological polar surface area (TPSA) is 89.3 Å². The summed E-state index contributed by atoms with van der Waals surface area (Å²) in [5.41, 5.74) is 4.93. The van der Waals surface area contributed by atoms with Crippen LogP contribution in [0.5, 0.6) is 0 Å². The van der Waals surface area contributed by atoms with Crippen LogP contribution in [0.25, 0.3) is 0 Å². The summed E-state index contributed by atoms with van der Waals surface area (Å²) in [4.78, 5) is 15.5. The first-order valence-electron chi connectivity index (χ1n) is 7.95. The Morgan fingerprint density at radius 1 is 1.31 bits per heavy atom. The van der Waals surface area contributed by atoms with E-state index in [2.05, 4.69) is 15.6 Å². The van der Waals surface area contributed by atoms with E-state index in [1.54, 1.807) is 6.92 Å². The summed E-state index contributed by atoms with van der Waals surface area (Å²) in [7, 11) is 0. The Hall–Kier alpha value is -2.97. The molecule has 3 rings (SSSR count). The summed E-state index contributed by atoms with van der Waals surface area (Å²) < 4.78 is 47.3. The maximum Gasteiger partial charge on any atom is 0.412 e. The molecule has 0 aliphatic heterocycles. The lowest BCUT2D eigenvalue weighted by Gasteiger charge is -2.14. The molecule has 1 aliphatic rings. The Morgan fingerprint density at radius 2 is 2.04 bits per heavy atom. The van der Waals surface area contributed by atoms with Crippen molar-refractivity contribution in [1.29, 1.82) is 0 Å². The minimum atomic E-state index is -0.964. The molecule has 0 unspecified atom stereocenters. The number of benzene rings is 1. The molecule has 1 aromatic heterocycles. The van der Waals surface area contributed by atoms with E-state index >= 15 is 0 Å². The van der Waals surface area contributed by atoms with Crippen molar-refractivity contribution in [3.63, 3.8) is 0 Å². The fraction of sp³-hybridized carbons (Fsp3) is 0.294. The lowest BCUT2D eigenvalue weighted by molar-refractivity contribution is 0.154. The van der Waals surface area contributed by atoms with E-state index in [0.717, 1.165) is 18.9 Å². The highest BCUT2D eigenvalue weighted by Gasteiger charge is 2.27. The van der Waals surface area contributed by atoms with Crippen molar-refractivity contribution in [2.45, 2.75) is 32.4 Å². The van der Waals surface area contributed by atoms with Crippen LogP contribution in [0, 0.1) is 24.4 Å². The summed E-state index contributed by atoms with van der Waals surface area (Å²) in [6, 6.07) is 2.07. The third kappa shape index (κ3) is 3.98. The number of hydrogen-bond donors (Lipinski definition) is 3. The number of nitrogens with one attached hydrogen (secondary N) is 2. The monoisotopic (exact) mass is 366 g/mol. The second-order valence-electron chi connectivity index (χ2n) is 6.01. The maximum absolute atomic E-state index is 14.4. The van der Waals surface area contributed by atoms with Crippen LogP contribution < -0.4 is 16.4 Å². The standard InChI is InChI=1S/C17H17F3N4O2/c1-8-4-11(18)9(6-22-8)7-23-13-5-12(19)16(15(21)14(13)20)24-17(25)26-10-2-3-10/h4-6,10,23H,2-3,7,21H2,1H3,(H,24,25). The van der Waals surface area contributed by atoms with E-state index in [1.165, 1.54) is 12.3 Å². The number of amides is 1. The average molecular weight is 366 g/mol. The highest BCUT2D eigenvalue weighted by molar-refractivity contribution is 5.90. The fourth-order valence-corrected chi connectivity index (χ4v) is 2.25. The van der Waals surface area contributed by atoms with Crippen LogP contribution in [-0.2, 0) is 11.3 Å². The van der Waals surface area contributed by atoms with Crippen LogP contribution >= 0.6 is 0 Å². The van der Waals surface area contributed by atoms with Gasteiger partial charge in [0.05, 0.1) is 11.4 Å². The molecule has 0 spiro atoms. The van der Waals surface area contributed by atoms with E-state index in [4.69, 9.17) is 10.5 Å². The van der Waals surface area contributed by atoms with Gasteiger partial charge in [-0.25, -0.2) is 18.0 Å². The van der Waals surface area contributed by atoms with Crippen LogP contribution in [-0.4, -0.2) is 17.2 Å². The number of aryl methyl sites for hydroxylation is 1. The van der Waals surface area contributed by atoms with Gasteiger partial charge < -0.3 is 15.8 Å². The third-order valence-corrected chi connectivity index (χ3v) is 3.81. The van der Waals surface area contributed by atoms with E-state index in [0.29, 0.717) is 5.69 Å². The van der Waals surface area contributed by atoms with E-state index in [1.807, 2.05) is 0 Å². The number of carbonyl (C=O) groups is 1. The van der Waals surface area contributed by atoms with Crippen molar-refractivity contribution in [2.75, 3.05) is 16.4 Å². The van der Waals surface area contributed by atoms with Crippen molar-refractivity contribution in [3.05, 3.63) is 47.0 Å². The Bertz CT molecular complexity index is 856. The Balaban J connectivity index is 1.74. The van der Waals surface area contributed by atoms with Crippen LogP contribution in [0.2, 0.25) is 0 Å². The number of nitrogens with zero attached hydrogens (tertiary/aromatic N) is 1. The molecule has 0 atom stereocenters. The number of rotatable bonds is 5. The summed E-state index contributed by atoms with van der Waals surface area (Å²) in [6.45, 7) is 1.52. The SMILES string of the molecule is Cc1cc(F)c(CNc2cc(F)c(NC(=O)OC3CC3)c(N)c2F)cn1. The minimum Gasteiger partial charge on any atom is -0.446 e. The van der Waals surface area contributed by atoms with E-state index in [9.17, 15) is 18.0 Å². The zero-order valence-electron chi connectivity index (χ0n) is 13.9. The number of hydrogen-bond acceptors (Lipinski definition) is 5. The molecule has 26 heavy (non-hydrogen) atoms. The average Bonchev–Trinajstić information content (AvgIpc) is 3.39. The van der Waals surface area contributed by atoms with Gasteiger partial charge in [0.15, 0.2) is 11.6 Å². The number of aromatic nitrogens is 1. The molecule has 4 N–H and O–H groups in total. The van der Waals surface area contributed by atoms with Gasteiger partial charge in [-0.3, -0.25) is 10.3 Å². The lowest BCUT2D eigenvalue weighted by atomic mass is 10.2. The maximum atomic E-state index is 14.4. The number of anilines is 3. The number of halogens is 3. The van der Waals surface area contributed by atoms with Gasteiger partial charge in [-0.1, -0.05) is 0 Å². The molecule has 2 aromatic rings. The largest absolute Gasteiger partial charge is 0.446 e. The normalized spacial score (nSPS) is 13.4. The van der Waals surface area contributed by atoms with Crippen molar-refractivity contribution in [1.82, 2.24) is 4.98 Å². The first-order valence-corrected chi connectivity index (χ1v) is 7.95. The summed E-state index contributed by atoms with van der Waals surface area (Å²) in [5.74, 6) is -2.42. The van der Waals surface area contributed by atoms with Crippen LogP contribution in [0.1, 0.15) is 24.1 Å². The predicted molar refractivity (Wildman–Crippen MR) is 90.2 cm³/mol. The third-order valence-electron chi connectivity index (χ3n) is 3.81. The smallest absolute Gasteiger partial charge is 0.412 e. The first kappa shape index (κ1) is 17.8. The summed E-state index contributed by atoms with van der Waals surface area (Å²) >= 11 is 0. The van der Waals surface area contributed by atoms with Gasteiger partial charge >= 0.3 is 6.09 Å². The second kappa shape index (κ2) is 7.11. The Labute approximate surface area is 147 Å². The van der Waals surface area contributed by atoms with Gasteiger partial charge in [-0.2, -0.15) is 0 Å². The molecule has 0 radical (unpaired) electrons. The molecule has 0 bridgehead atoms. The molecule has 1 aromatic carbocycles. The molecule has 1 amide bonds. The highest BCUT2D eigenvalue weighted by atomic mass is 19.1. The molecule has 6 nitrogen and oxygen atoms in total. The van der Waals surface area contributed by atoms with Gasteiger partial charge in [0.2, 0.25) is 0 Å². The van der Waals surface area contributed by atoms with Crippen LogP contribution in [0.3, 0.4) is 0 Å². The Morgan fingerprint density at radius 3 is 2.69 bits per heavy atom. The minimum absolute atomic E-state index is 0.120. The second-order valence-corrected chi connectivity index (χ2v) is 6.01. The van der Waals surface area contributed by atoms with Gasteiger partial charge in [0, 0.05) is 30.1 Å². The molecule has 1 fully saturated rings. The van der Waals surface area contributed by atoms with Crippen molar-refractivity contribution >= 4 is 23.2 Å². The number of nitrogens with two attached hydrogens (primary N) is 1. The Kier molecular flexibility index (Phi) is 4.88. The summed E-state index contributed by atoms with van der Waals surface area (Å²) in [6.07, 6.45) is 1.70. The zero-order chi connectivity index (χ0) is 18.8. The quantitative estimate of drug-likeness (QED) is 0.702. The summed E-state index contributed by atoms with van der Waals surface area (Å²) in [5, 5.41) is 4.68. The van der Waals surface area contributed by atoms with Gasteiger partial charge in [0.1, 0.15) is 17.6 Å². The van der Waals surface area contributed by atoms with Crippen LogP contribution in [0.15, 0.2) is 18.3 Å². The highest BCUT2D eigenvalue weighted by Crippen LogP contribution is 2.32. The lowest BCUT2D eigenvalue weighted by Crippen LogP contribution is -2.18. The predicted octanol–water partition coefficient (Wildman–Crippen LogP) is 3.71. The van der Waals surface area contributed by atoms with Gasteiger partial charge in [0.25, 0.3) is 0 Å². The number of nitrogen functional groups attached to an aromatic ring is 1. The molecule has 9 heteroatoms. The zero-order valence-corrected chi connectivity index (χ0v) is 13.9. The number of ether oxygens (including phenoxy) is 1. The van der Waals surface area contributed by atoms with Gasteiger partial charge in [-0.15, -0.1) is 0 Å². The van der Waals surface area contributed by atoms with Crippen molar-refractivity contribution in [3.8, 4) is 0 Å². The number of pyridine rings is 1. The molecule has 0 saturated heterocycles. The molecule has 1 saturated carbocycles. The van der Waals surface area contributed by atoms with E-state index < -0.39 is 34.9 Å². The number of carbonyl (C=O) groups excluding carboxylic acids is 1. The molecule has 1 aliphatic carbocycles. The molecular weight excluding hydrogens is 349 g/mol. The molecule has 1 heterocycles. The molecular formula is C17H17F3N4O2. The van der Waals surface area contributed by atoms with E-state index in [-0.39, 0.29) is 23.9 Å². The van der Waals surface area contributed by atoms with Gasteiger partial charge in [-0.05, 0) is 25.8 Å².